The second-order valence-corrected chi connectivity index (χ2v) is 7.26. The Bertz CT molecular complexity index is 624. The Morgan fingerprint density at radius 2 is 1.54 bits per heavy atom. The third-order valence-electron chi connectivity index (χ3n) is 5.29. The minimum atomic E-state index is 0.109. The molecule has 1 aliphatic heterocycles. The summed E-state index contributed by atoms with van der Waals surface area (Å²) in [4.78, 5) is 15.3. The number of hydrogen-bond acceptors (Lipinski definition) is 2. The molecule has 1 fully saturated rings. The number of benzene rings is 2. The first-order valence-corrected chi connectivity index (χ1v) is 9.88. The number of likely N-dealkylation sites (tertiary alicyclic amines) is 1. The third kappa shape index (κ3) is 5.18. The number of nitrogens with zero attached hydrogens (tertiary/aromatic N) is 1. The van der Waals surface area contributed by atoms with Gasteiger partial charge in [0.2, 0.25) is 5.91 Å². The van der Waals surface area contributed by atoms with Crippen molar-refractivity contribution in [2.45, 2.75) is 44.6 Å². The molecule has 1 amide bonds. The number of hydrogen-bond donors (Lipinski definition) is 1. The molecule has 138 valence electrons. The molecule has 0 spiro atoms. The first-order valence-electron chi connectivity index (χ1n) is 9.88. The molecule has 2 aromatic carbocycles. The predicted molar refractivity (Wildman–Crippen MR) is 107 cm³/mol. The van der Waals surface area contributed by atoms with Gasteiger partial charge in [-0.3, -0.25) is 4.79 Å². The largest absolute Gasteiger partial charge is 0.353 e. The zero-order chi connectivity index (χ0) is 18.2. The van der Waals surface area contributed by atoms with Crippen molar-refractivity contribution in [2.24, 2.45) is 0 Å². The molecule has 0 aliphatic carbocycles. The van der Waals surface area contributed by atoms with Crippen molar-refractivity contribution < 1.29 is 4.79 Å². The molecule has 0 bridgehead atoms. The van der Waals surface area contributed by atoms with Crippen LogP contribution in [0.15, 0.2) is 60.7 Å². The van der Waals surface area contributed by atoms with Crippen LogP contribution in [0.4, 0.5) is 0 Å². The van der Waals surface area contributed by atoms with Crippen LogP contribution in [0.2, 0.25) is 0 Å². The molecule has 0 saturated carbocycles. The Morgan fingerprint density at radius 3 is 2.04 bits per heavy atom. The van der Waals surface area contributed by atoms with Gasteiger partial charge in [0.1, 0.15) is 0 Å². The molecular weight excluding hydrogens is 320 g/mol. The van der Waals surface area contributed by atoms with E-state index in [1.54, 1.807) is 0 Å². The van der Waals surface area contributed by atoms with Crippen molar-refractivity contribution in [3.05, 3.63) is 71.8 Å². The Labute approximate surface area is 157 Å². The first kappa shape index (κ1) is 18.7. The van der Waals surface area contributed by atoms with Gasteiger partial charge in [0.15, 0.2) is 0 Å². The molecule has 3 nitrogen and oxygen atoms in total. The first-order chi connectivity index (χ1) is 12.8. The molecule has 0 radical (unpaired) electrons. The van der Waals surface area contributed by atoms with E-state index in [1.807, 2.05) is 36.4 Å². The average Bonchev–Trinajstić information content (AvgIpc) is 2.69. The molecule has 1 aliphatic rings. The lowest BCUT2D eigenvalue weighted by Gasteiger charge is -2.32. The van der Waals surface area contributed by atoms with Crippen LogP contribution in [0.5, 0.6) is 0 Å². The van der Waals surface area contributed by atoms with E-state index in [9.17, 15) is 4.79 Å². The summed E-state index contributed by atoms with van der Waals surface area (Å²) in [5, 5.41) is 3.29. The molecule has 0 unspecified atom stereocenters. The van der Waals surface area contributed by atoms with E-state index in [1.165, 1.54) is 24.1 Å². The zero-order valence-corrected chi connectivity index (χ0v) is 15.7. The summed E-state index contributed by atoms with van der Waals surface area (Å²) in [6.07, 6.45) is 3.83. The highest BCUT2D eigenvalue weighted by molar-refractivity contribution is 5.78. The van der Waals surface area contributed by atoms with E-state index in [4.69, 9.17) is 0 Å². The minimum Gasteiger partial charge on any atom is -0.353 e. The summed E-state index contributed by atoms with van der Waals surface area (Å²) in [7, 11) is 0. The lowest BCUT2D eigenvalue weighted by atomic mass is 9.88. The zero-order valence-electron chi connectivity index (χ0n) is 15.7. The van der Waals surface area contributed by atoms with Crippen molar-refractivity contribution in [1.82, 2.24) is 10.2 Å². The van der Waals surface area contributed by atoms with Crippen molar-refractivity contribution >= 4 is 5.91 Å². The molecule has 1 N–H and O–H groups in total. The quantitative estimate of drug-likeness (QED) is 0.812. The molecule has 1 heterocycles. The fourth-order valence-corrected chi connectivity index (χ4v) is 3.89. The van der Waals surface area contributed by atoms with Crippen LogP contribution >= 0.6 is 0 Å². The average molecular weight is 351 g/mol. The van der Waals surface area contributed by atoms with Crippen molar-refractivity contribution in [1.29, 1.82) is 0 Å². The Balaban J connectivity index is 1.61. The number of piperidine rings is 1. The van der Waals surface area contributed by atoms with E-state index in [0.29, 0.717) is 12.5 Å². The summed E-state index contributed by atoms with van der Waals surface area (Å²) in [5.74, 6) is 0.272. The normalized spacial score (nSPS) is 15.9. The van der Waals surface area contributed by atoms with Gasteiger partial charge < -0.3 is 10.2 Å². The van der Waals surface area contributed by atoms with Gasteiger partial charge in [-0.1, -0.05) is 67.6 Å². The van der Waals surface area contributed by atoms with Gasteiger partial charge in [-0.25, -0.2) is 0 Å². The molecule has 0 atom stereocenters. The molecule has 26 heavy (non-hydrogen) atoms. The maximum Gasteiger partial charge on any atom is 0.221 e. The lowest BCUT2D eigenvalue weighted by molar-refractivity contribution is -0.122. The Morgan fingerprint density at radius 1 is 1.00 bits per heavy atom. The van der Waals surface area contributed by atoms with Crippen LogP contribution < -0.4 is 5.32 Å². The number of rotatable bonds is 7. The molecule has 1 saturated heterocycles. The van der Waals surface area contributed by atoms with Gasteiger partial charge >= 0.3 is 0 Å². The number of nitrogens with one attached hydrogen (secondary N) is 1. The highest BCUT2D eigenvalue weighted by atomic mass is 16.1. The van der Waals surface area contributed by atoms with E-state index in [0.717, 1.165) is 25.9 Å². The minimum absolute atomic E-state index is 0.109. The topological polar surface area (TPSA) is 32.3 Å². The van der Waals surface area contributed by atoms with Gasteiger partial charge in [-0.15, -0.1) is 0 Å². The summed E-state index contributed by atoms with van der Waals surface area (Å²) < 4.78 is 0. The van der Waals surface area contributed by atoms with E-state index < -0.39 is 0 Å². The fourth-order valence-electron chi connectivity index (χ4n) is 3.89. The number of carbonyl (C=O) groups excluding carboxylic acids is 1. The number of amides is 1. The SMILES string of the molecule is CCCN1CCC(NC(=O)CC(c2ccccc2)c2ccccc2)CC1. The Kier molecular flexibility index (Phi) is 6.84. The van der Waals surface area contributed by atoms with Crippen molar-refractivity contribution in [3.8, 4) is 0 Å². The smallest absolute Gasteiger partial charge is 0.221 e. The van der Waals surface area contributed by atoms with Crippen LogP contribution in [-0.2, 0) is 4.79 Å². The molecule has 3 rings (SSSR count). The van der Waals surface area contributed by atoms with E-state index in [-0.39, 0.29) is 11.8 Å². The van der Waals surface area contributed by atoms with Crippen LogP contribution in [-0.4, -0.2) is 36.5 Å². The van der Waals surface area contributed by atoms with Crippen LogP contribution in [0.3, 0.4) is 0 Å². The highest BCUT2D eigenvalue weighted by Gasteiger charge is 2.23. The Hall–Kier alpha value is -2.13. The van der Waals surface area contributed by atoms with Gasteiger partial charge in [-0.05, 0) is 36.9 Å². The monoisotopic (exact) mass is 350 g/mol. The second kappa shape index (κ2) is 9.54. The highest BCUT2D eigenvalue weighted by Crippen LogP contribution is 2.28. The third-order valence-corrected chi connectivity index (χ3v) is 5.29. The van der Waals surface area contributed by atoms with Crippen LogP contribution in [0, 0.1) is 0 Å². The van der Waals surface area contributed by atoms with Gasteiger partial charge in [-0.2, -0.15) is 0 Å². The van der Waals surface area contributed by atoms with Crippen LogP contribution in [0.25, 0.3) is 0 Å². The van der Waals surface area contributed by atoms with Gasteiger partial charge in [0.25, 0.3) is 0 Å². The van der Waals surface area contributed by atoms with Crippen LogP contribution in [0.1, 0.15) is 49.7 Å². The van der Waals surface area contributed by atoms with Gasteiger partial charge in [0, 0.05) is 31.5 Å². The fraction of sp³-hybridized carbons (Fsp3) is 0.435. The van der Waals surface area contributed by atoms with Crippen molar-refractivity contribution in [2.75, 3.05) is 19.6 Å². The summed E-state index contributed by atoms with van der Waals surface area (Å²) >= 11 is 0. The summed E-state index contributed by atoms with van der Waals surface area (Å²) in [6, 6.07) is 21.0. The maximum absolute atomic E-state index is 12.8. The van der Waals surface area contributed by atoms with Gasteiger partial charge in [0.05, 0.1) is 0 Å². The van der Waals surface area contributed by atoms with Crippen molar-refractivity contribution in [3.63, 3.8) is 0 Å². The number of carbonyl (C=O) groups is 1. The summed E-state index contributed by atoms with van der Waals surface area (Å²) in [6.45, 7) is 5.59. The summed E-state index contributed by atoms with van der Waals surface area (Å²) in [5.41, 5.74) is 2.40. The maximum atomic E-state index is 12.8. The molecular formula is C23H30N2O. The molecule has 3 heteroatoms. The molecule has 2 aromatic rings. The lowest BCUT2D eigenvalue weighted by Crippen LogP contribution is -2.45. The predicted octanol–water partition coefficient (Wildman–Crippen LogP) is 4.20. The van der Waals surface area contributed by atoms with E-state index >= 15 is 0 Å². The van der Waals surface area contributed by atoms with E-state index in [2.05, 4.69) is 41.4 Å². The second-order valence-electron chi connectivity index (χ2n) is 7.26. The standard InChI is InChI=1S/C23H30N2O/c1-2-15-25-16-13-21(14-17-25)24-23(26)18-22(19-9-5-3-6-10-19)20-11-7-4-8-12-20/h3-12,21-22H,2,13-18H2,1H3,(H,24,26). The molecule has 0 aromatic heterocycles.